The molecule has 0 aliphatic heterocycles. The molecule has 134 valence electrons. The number of aliphatic hydroxyl groups is 1. The maximum atomic E-state index is 12.8. The SMILES string of the molecule is Cn1cc(CC(=O)NCC(=O)NCC2(O)CCC2)c(C(F)(F)F)n1. The molecule has 0 atom stereocenters. The van der Waals surface area contributed by atoms with E-state index in [1.54, 1.807) is 0 Å². The van der Waals surface area contributed by atoms with Gasteiger partial charge in [-0.05, 0) is 19.3 Å². The summed E-state index contributed by atoms with van der Waals surface area (Å²) in [7, 11) is 1.33. The molecule has 2 amide bonds. The van der Waals surface area contributed by atoms with Crippen LogP contribution >= 0.6 is 0 Å². The minimum absolute atomic E-state index is 0.0997. The van der Waals surface area contributed by atoms with Crippen molar-refractivity contribution in [3.05, 3.63) is 17.5 Å². The Bertz CT molecular complexity index is 623. The lowest BCUT2D eigenvalue weighted by atomic mass is 9.80. The lowest BCUT2D eigenvalue weighted by molar-refractivity contribution is -0.142. The van der Waals surface area contributed by atoms with E-state index < -0.39 is 35.7 Å². The molecule has 0 unspecified atom stereocenters. The van der Waals surface area contributed by atoms with Crippen LogP contribution in [0.3, 0.4) is 0 Å². The molecule has 1 aromatic rings. The highest BCUT2D eigenvalue weighted by Gasteiger charge is 2.37. The molecule has 3 N–H and O–H groups in total. The Labute approximate surface area is 136 Å². The van der Waals surface area contributed by atoms with Crippen molar-refractivity contribution in [1.82, 2.24) is 20.4 Å². The second-order valence-electron chi connectivity index (χ2n) is 5.98. The fourth-order valence-electron chi connectivity index (χ4n) is 2.41. The van der Waals surface area contributed by atoms with Crippen molar-refractivity contribution < 1.29 is 27.9 Å². The summed E-state index contributed by atoms with van der Waals surface area (Å²) >= 11 is 0. The Morgan fingerprint density at radius 2 is 2.00 bits per heavy atom. The summed E-state index contributed by atoms with van der Waals surface area (Å²) in [6.07, 6.45) is -1.93. The highest BCUT2D eigenvalue weighted by molar-refractivity contribution is 5.85. The summed E-state index contributed by atoms with van der Waals surface area (Å²) in [6.45, 7) is -0.265. The number of alkyl halides is 3. The van der Waals surface area contributed by atoms with E-state index in [1.807, 2.05) is 0 Å². The van der Waals surface area contributed by atoms with Crippen LogP contribution in [0.4, 0.5) is 13.2 Å². The van der Waals surface area contributed by atoms with E-state index in [1.165, 1.54) is 7.05 Å². The number of halogens is 3. The third kappa shape index (κ3) is 4.70. The Morgan fingerprint density at radius 1 is 1.33 bits per heavy atom. The quantitative estimate of drug-likeness (QED) is 0.681. The zero-order valence-corrected chi connectivity index (χ0v) is 13.1. The van der Waals surface area contributed by atoms with E-state index in [-0.39, 0.29) is 18.7 Å². The largest absolute Gasteiger partial charge is 0.435 e. The molecule has 0 aromatic carbocycles. The lowest BCUT2D eigenvalue weighted by Gasteiger charge is -2.36. The zero-order chi connectivity index (χ0) is 18.0. The van der Waals surface area contributed by atoms with Crippen LogP contribution in [0.2, 0.25) is 0 Å². The fourth-order valence-corrected chi connectivity index (χ4v) is 2.41. The Balaban J connectivity index is 1.80. The normalized spacial score (nSPS) is 16.4. The first-order chi connectivity index (χ1) is 11.1. The van der Waals surface area contributed by atoms with Gasteiger partial charge < -0.3 is 15.7 Å². The van der Waals surface area contributed by atoms with Crippen molar-refractivity contribution in [3.63, 3.8) is 0 Å². The number of nitrogens with one attached hydrogen (secondary N) is 2. The molecule has 1 fully saturated rings. The number of carbonyl (C=O) groups is 2. The first-order valence-electron chi connectivity index (χ1n) is 7.44. The predicted octanol–water partition coefficient (Wildman–Crippen LogP) is 0.129. The molecule has 1 saturated carbocycles. The van der Waals surface area contributed by atoms with E-state index in [2.05, 4.69) is 15.7 Å². The van der Waals surface area contributed by atoms with Crippen molar-refractivity contribution in [2.45, 2.75) is 37.5 Å². The minimum atomic E-state index is -4.65. The number of aryl methyl sites for hydroxylation is 1. The summed E-state index contributed by atoms with van der Waals surface area (Å²) in [5.74, 6) is -1.23. The molecule has 0 saturated heterocycles. The average Bonchev–Trinajstić information content (AvgIpc) is 2.81. The number of rotatable bonds is 6. The maximum absolute atomic E-state index is 12.8. The lowest BCUT2D eigenvalue weighted by Crippen LogP contribution is -2.49. The van der Waals surface area contributed by atoms with Gasteiger partial charge in [-0.2, -0.15) is 18.3 Å². The van der Waals surface area contributed by atoms with Crippen molar-refractivity contribution >= 4 is 11.8 Å². The number of aromatic nitrogens is 2. The minimum Gasteiger partial charge on any atom is -0.388 e. The van der Waals surface area contributed by atoms with Crippen molar-refractivity contribution in [2.75, 3.05) is 13.1 Å². The van der Waals surface area contributed by atoms with Crippen LogP contribution in [0.15, 0.2) is 6.20 Å². The van der Waals surface area contributed by atoms with Crippen LogP contribution < -0.4 is 10.6 Å². The van der Waals surface area contributed by atoms with Crippen molar-refractivity contribution in [1.29, 1.82) is 0 Å². The van der Waals surface area contributed by atoms with Gasteiger partial charge in [0.1, 0.15) is 0 Å². The molecule has 2 rings (SSSR count). The molecule has 0 radical (unpaired) electrons. The average molecular weight is 348 g/mol. The van der Waals surface area contributed by atoms with Gasteiger partial charge in [-0.1, -0.05) is 0 Å². The second kappa shape index (κ2) is 6.80. The van der Waals surface area contributed by atoms with Gasteiger partial charge in [0.15, 0.2) is 5.69 Å². The van der Waals surface area contributed by atoms with E-state index in [4.69, 9.17) is 0 Å². The Kier molecular flexibility index (Phi) is 5.16. The molecule has 1 heterocycles. The van der Waals surface area contributed by atoms with E-state index >= 15 is 0 Å². The molecule has 0 spiro atoms. The van der Waals surface area contributed by atoms with Gasteiger partial charge in [0.05, 0.1) is 18.6 Å². The summed E-state index contributed by atoms with van der Waals surface area (Å²) in [5, 5.41) is 17.9. The van der Waals surface area contributed by atoms with Gasteiger partial charge in [-0.25, -0.2) is 0 Å². The smallest absolute Gasteiger partial charge is 0.388 e. The van der Waals surface area contributed by atoms with Gasteiger partial charge in [-0.3, -0.25) is 14.3 Å². The van der Waals surface area contributed by atoms with Crippen LogP contribution in [-0.4, -0.2) is 45.4 Å². The number of carbonyl (C=O) groups excluding carboxylic acids is 2. The molecule has 1 aliphatic carbocycles. The summed E-state index contributed by atoms with van der Waals surface area (Å²) in [6, 6.07) is 0. The number of hydrogen-bond acceptors (Lipinski definition) is 4. The van der Waals surface area contributed by atoms with Crippen LogP contribution in [0.1, 0.15) is 30.5 Å². The topological polar surface area (TPSA) is 96.2 Å². The molecule has 24 heavy (non-hydrogen) atoms. The highest BCUT2D eigenvalue weighted by Crippen LogP contribution is 2.31. The molecular formula is C14H19F3N4O3. The first kappa shape index (κ1) is 18.2. The third-order valence-electron chi connectivity index (χ3n) is 3.87. The highest BCUT2D eigenvalue weighted by atomic mass is 19.4. The fraction of sp³-hybridized carbons (Fsp3) is 0.643. The van der Waals surface area contributed by atoms with Crippen LogP contribution in [0.5, 0.6) is 0 Å². The van der Waals surface area contributed by atoms with E-state index in [9.17, 15) is 27.9 Å². The monoisotopic (exact) mass is 348 g/mol. The van der Waals surface area contributed by atoms with Gasteiger partial charge in [0.25, 0.3) is 0 Å². The van der Waals surface area contributed by atoms with Crippen LogP contribution in [0, 0.1) is 0 Å². The van der Waals surface area contributed by atoms with Gasteiger partial charge in [-0.15, -0.1) is 0 Å². The van der Waals surface area contributed by atoms with Gasteiger partial charge in [0.2, 0.25) is 11.8 Å². The number of amides is 2. The van der Waals surface area contributed by atoms with Crippen molar-refractivity contribution in [3.8, 4) is 0 Å². The standard InChI is InChI=1S/C14H19F3N4O3/c1-21-7-9(12(20-21)14(15,16)17)5-10(22)18-6-11(23)19-8-13(24)3-2-4-13/h7,24H,2-6,8H2,1H3,(H,18,22)(H,19,23). The Morgan fingerprint density at radius 3 is 2.54 bits per heavy atom. The molecule has 1 aromatic heterocycles. The Hall–Kier alpha value is -2.10. The van der Waals surface area contributed by atoms with Crippen LogP contribution in [-0.2, 0) is 29.2 Å². The molecular weight excluding hydrogens is 329 g/mol. The molecule has 7 nitrogen and oxygen atoms in total. The van der Waals surface area contributed by atoms with Gasteiger partial charge >= 0.3 is 6.18 Å². The van der Waals surface area contributed by atoms with Crippen molar-refractivity contribution in [2.24, 2.45) is 7.05 Å². The third-order valence-corrected chi connectivity index (χ3v) is 3.87. The predicted molar refractivity (Wildman–Crippen MR) is 76.7 cm³/mol. The number of nitrogens with zero attached hydrogens (tertiary/aromatic N) is 2. The maximum Gasteiger partial charge on any atom is 0.435 e. The first-order valence-corrected chi connectivity index (χ1v) is 7.44. The molecule has 1 aliphatic rings. The second-order valence-corrected chi connectivity index (χ2v) is 5.98. The zero-order valence-electron chi connectivity index (χ0n) is 13.1. The number of hydrogen-bond donors (Lipinski definition) is 3. The summed E-state index contributed by atoms with van der Waals surface area (Å²) in [4.78, 5) is 23.3. The summed E-state index contributed by atoms with van der Waals surface area (Å²) in [5.41, 5.74) is -2.25. The summed E-state index contributed by atoms with van der Waals surface area (Å²) < 4.78 is 39.3. The van der Waals surface area contributed by atoms with E-state index in [0.29, 0.717) is 12.8 Å². The van der Waals surface area contributed by atoms with Crippen LogP contribution in [0.25, 0.3) is 0 Å². The molecule has 10 heteroatoms. The molecule has 0 bridgehead atoms. The van der Waals surface area contributed by atoms with Gasteiger partial charge in [0, 0.05) is 25.4 Å². The van der Waals surface area contributed by atoms with E-state index in [0.717, 1.165) is 17.3 Å².